The van der Waals surface area contributed by atoms with Crippen LogP contribution in [0.25, 0.3) is 10.1 Å². The second-order valence-electron chi connectivity index (χ2n) is 10.4. The summed E-state index contributed by atoms with van der Waals surface area (Å²) in [5, 5.41) is 16.7. The van der Waals surface area contributed by atoms with Crippen molar-refractivity contribution in [2.45, 2.75) is 31.3 Å². The quantitative estimate of drug-likeness (QED) is 0.540. The first kappa shape index (κ1) is 22.4. The van der Waals surface area contributed by atoms with Gasteiger partial charge in [0.15, 0.2) is 17.3 Å². The molecule has 36 heavy (non-hydrogen) atoms. The van der Waals surface area contributed by atoms with E-state index in [4.69, 9.17) is 14.5 Å². The Morgan fingerprint density at radius 2 is 1.92 bits per heavy atom. The lowest BCUT2D eigenvalue weighted by Gasteiger charge is -2.44. The van der Waals surface area contributed by atoms with Crippen molar-refractivity contribution >= 4 is 33.0 Å². The van der Waals surface area contributed by atoms with Crippen LogP contribution in [0.15, 0.2) is 46.8 Å². The molecule has 0 radical (unpaired) electrons. The van der Waals surface area contributed by atoms with Crippen molar-refractivity contribution in [1.29, 1.82) is 0 Å². The normalized spacial score (nSPS) is 27.9. The minimum absolute atomic E-state index is 0.00170. The van der Waals surface area contributed by atoms with Gasteiger partial charge >= 0.3 is 0 Å². The summed E-state index contributed by atoms with van der Waals surface area (Å²) in [4.78, 5) is 9.67. The molecule has 1 aromatic heterocycles. The fraction of sp³-hybridized carbons (Fsp3) is 0.464. The predicted octanol–water partition coefficient (Wildman–Crippen LogP) is 3.71. The van der Waals surface area contributed by atoms with Crippen LogP contribution < -0.4 is 19.5 Å². The zero-order valence-corrected chi connectivity index (χ0v) is 20.9. The fourth-order valence-electron chi connectivity index (χ4n) is 6.65. The second-order valence-corrected chi connectivity index (χ2v) is 11.3. The molecule has 4 unspecified atom stereocenters. The number of thiophene rings is 1. The number of benzene rings is 2. The Bertz CT molecular complexity index is 1320. The molecule has 0 saturated carbocycles. The molecule has 8 heteroatoms. The Hall–Kier alpha value is -2.84. The van der Waals surface area contributed by atoms with Crippen LogP contribution in [0.3, 0.4) is 0 Å². The molecule has 4 atom stereocenters. The number of ether oxygens (including phenoxy) is 2. The minimum atomic E-state index is -0.407. The standard InChI is InChI=1S/C28H30FN3O3S/c29-22-11-17(13-24-27(22)35-9-8-34-24)12-23-26(31-6-1-2-7-31)20-15-32(16-21(20)28(33)30-23)19-4-3-18-5-10-36-25(18)14-19/h3-5,10-11,13-14,20-21,23,26H,1-2,6-9,12,15-16H2,(H,30,33)/p-1. The van der Waals surface area contributed by atoms with Crippen LogP contribution in [0.2, 0.25) is 0 Å². The van der Waals surface area contributed by atoms with Crippen LogP contribution in [0, 0.1) is 17.7 Å². The number of hydrogen-bond donors (Lipinski definition) is 0. The maximum Gasteiger partial charge on any atom is 0.197 e. The van der Waals surface area contributed by atoms with Gasteiger partial charge in [0.05, 0.1) is 6.04 Å². The van der Waals surface area contributed by atoms with Crippen molar-refractivity contribution < 1.29 is 19.0 Å². The SMILES string of the molecule is [O-]C1=NC(Cc2cc(F)c3c(c2)OCCO3)C(N2CCCC2)C2CN(c3ccc4ccsc4c3)CC12. The molecule has 0 aliphatic carbocycles. The van der Waals surface area contributed by atoms with Crippen LogP contribution in [0.5, 0.6) is 11.5 Å². The summed E-state index contributed by atoms with van der Waals surface area (Å²) in [6.07, 6.45) is 2.86. The van der Waals surface area contributed by atoms with E-state index in [1.54, 1.807) is 11.3 Å². The zero-order chi connectivity index (χ0) is 24.2. The number of hydrogen-bond acceptors (Lipinski definition) is 7. The van der Waals surface area contributed by atoms with Gasteiger partial charge in [0, 0.05) is 41.4 Å². The average Bonchev–Trinajstić information content (AvgIpc) is 3.65. The average molecular weight is 507 g/mol. The summed E-state index contributed by atoms with van der Waals surface area (Å²) in [5.74, 6) is 0.341. The molecule has 4 aliphatic rings. The molecular formula is C28H29FN3O3S-. The molecular weight excluding hydrogens is 477 g/mol. The van der Waals surface area contributed by atoms with Gasteiger partial charge < -0.3 is 19.5 Å². The van der Waals surface area contributed by atoms with Crippen LogP contribution in [0.1, 0.15) is 18.4 Å². The highest BCUT2D eigenvalue weighted by Gasteiger charge is 2.47. The first-order chi connectivity index (χ1) is 17.6. The first-order valence-corrected chi connectivity index (χ1v) is 13.8. The molecule has 2 aromatic carbocycles. The van der Waals surface area contributed by atoms with Gasteiger partial charge in [0.25, 0.3) is 0 Å². The van der Waals surface area contributed by atoms with Gasteiger partial charge in [-0.25, -0.2) is 4.39 Å². The van der Waals surface area contributed by atoms with Gasteiger partial charge in [-0.3, -0.25) is 9.89 Å². The third kappa shape index (κ3) is 3.82. The lowest BCUT2D eigenvalue weighted by atomic mass is 9.79. The first-order valence-electron chi connectivity index (χ1n) is 12.9. The van der Waals surface area contributed by atoms with Crippen molar-refractivity contribution in [2.24, 2.45) is 16.8 Å². The van der Waals surface area contributed by atoms with Gasteiger partial charge in [0.1, 0.15) is 13.2 Å². The summed E-state index contributed by atoms with van der Waals surface area (Å²) in [5.41, 5.74) is 1.98. The number of rotatable bonds is 4. The molecule has 6 nitrogen and oxygen atoms in total. The van der Waals surface area contributed by atoms with Crippen molar-refractivity contribution in [2.75, 3.05) is 44.3 Å². The monoisotopic (exact) mass is 506 g/mol. The highest BCUT2D eigenvalue weighted by Crippen LogP contribution is 2.41. The summed E-state index contributed by atoms with van der Waals surface area (Å²) >= 11 is 1.75. The number of nitrogens with zero attached hydrogens (tertiary/aromatic N) is 3. The number of fused-ring (bicyclic) bond motifs is 3. The Morgan fingerprint density at radius 1 is 1.06 bits per heavy atom. The van der Waals surface area contributed by atoms with Crippen LogP contribution in [-0.4, -0.2) is 62.3 Å². The van der Waals surface area contributed by atoms with E-state index >= 15 is 0 Å². The molecule has 0 spiro atoms. The van der Waals surface area contributed by atoms with Gasteiger partial charge in [0.2, 0.25) is 0 Å². The van der Waals surface area contributed by atoms with E-state index in [2.05, 4.69) is 39.4 Å². The Morgan fingerprint density at radius 3 is 2.81 bits per heavy atom. The van der Waals surface area contributed by atoms with E-state index in [0.717, 1.165) is 25.2 Å². The summed E-state index contributed by atoms with van der Waals surface area (Å²) < 4.78 is 27.2. The molecule has 188 valence electrons. The van der Waals surface area contributed by atoms with E-state index in [0.29, 0.717) is 31.9 Å². The van der Waals surface area contributed by atoms with E-state index in [1.807, 2.05) is 6.07 Å². The molecule has 5 heterocycles. The van der Waals surface area contributed by atoms with Crippen molar-refractivity contribution in [3.63, 3.8) is 0 Å². The van der Waals surface area contributed by atoms with Gasteiger partial charge in [-0.15, -0.1) is 11.3 Å². The molecule has 0 bridgehead atoms. The highest BCUT2D eigenvalue weighted by atomic mass is 32.1. The third-order valence-corrected chi connectivity index (χ3v) is 9.16. The lowest BCUT2D eigenvalue weighted by Crippen LogP contribution is -2.55. The topological polar surface area (TPSA) is 60.4 Å². The molecule has 3 aromatic rings. The second kappa shape index (κ2) is 8.92. The highest BCUT2D eigenvalue weighted by molar-refractivity contribution is 7.17. The summed E-state index contributed by atoms with van der Waals surface area (Å²) in [6.45, 7) is 4.38. The molecule has 7 rings (SSSR count). The van der Waals surface area contributed by atoms with E-state index in [9.17, 15) is 9.50 Å². The van der Waals surface area contributed by atoms with E-state index in [1.165, 1.54) is 34.7 Å². The lowest BCUT2D eigenvalue weighted by molar-refractivity contribution is -0.228. The zero-order valence-electron chi connectivity index (χ0n) is 20.1. The summed E-state index contributed by atoms with van der Waals surface area (Å²) in [6, 6.07) is 12.1. The third-order valence-electron chi connectivity index (χ3n) is 8.28. The molecule has 4 aliphatic heterocycles. The van der Waals surface area contributed by atoms with Gasteiger partial charge in [-0.05, 0) is 84.9 Å². The van der Waals surface area contributed by atoms with Crippen molar-refractivity contribution in [3.05, 3.63) is 53.2 Å². The minimum Gasteiger partial charge on any atom is -0.862 e. The molecule has 2 fully saturated rings. The molecule has 0 N–H and O–H groups in total. The van der Waals surface area contributed by atoms with Crippen molar-refractivity contribution in [1.82, 2.24) is 4.90 Å². The molecule has 0 amide bonds. The number of likely N-dealkylation sites (tertiary alicyclic amines) is 1. The van der Waals surface area contributed by atoms with Crippen LogP contribution in [-0.2, 0) is 6.42 Å². The maximum atomic E-state index is 14.8. The molecule has 2 saturated heterocycles. The van der Waals surface area contributed by atoms with E-state index in [-0.39, 0.29) is 35.6 Å². The fourth-order valence-corrected chi connectivity index (χ4v) is 7.47. The van der Waals surface area contributed by atoms with Crippen molar-refractivity contribution in [3.8, 4) is 11.5 Å². The van der Waals surface area contributed by atoms with Crippen LogP contribution in [0.4, 0.5) is 10.1 Å². The Kier molecular flexibility index (Phi) is 5.54. The van der Waals surface area contributed by atoms with E-state index < -0.39 is 5.82 Å². The maximum absolute atomic E-state index is 14.8. The largest absolute Gasteiger partial charge is 0.862 e. The van der Waals surface area contributed by atoms with Gasteiger partial charge in [-0.2, -0.15) is 0 Å². The van der Waals surface area contributed by atoms with Crippen LogP contribution >= 0.6 is 11.3 Å². The Labute approximate surface area is 213 Å². The Balaban J connectivity index is 1.20. The smallest absolute Gasteiger partial charge is 0.197 e. The predicted molar refractivity (Wildman–Crippen MR) is 138 cm³/mol. The number of aliphatic imine (C=N–C) groups is 1. The van der Waals surface area contributed by atoms with Gasteiger partial charge in [-0.1, -0.05) is 6.07 Å². The summed E-state index contributed by atoms with van der Waals surface area (Å²) in [7, 11) is 0. The number of anilines is 1. The number of halogens is 1.